The van der Waals surface area contributed by atoms with E-state index in [0.29, 0.717) is 46.8 Å². The highest BCUT2D eigenvalue weighted by Gasteiger charge is 2.17. The average Bonchev–Trinajstić information content (AvgIpc) is 3.32. The number of carbonyl (C=O) groups excluding carboxylic acids is 1. The Kier molecular flexibility index (Phi) is 7.99. The van der Waals surface area contributed by atoms with E-state index >= 15 is 4.39 Å². The lowest BCUT2D eigenvalue weighted by atomic mass is 10.1. The van der Waals surface area contributed by atoms with E-state index in [2.05, 4.69) is 15.3 Å². The maximum atomic E-state index is 15.4. The van der Waals surface area contributed by atoms with Crippen molar-refractivity contribution in [3.63, 3.8) is 0 Å². The van der Waals surface area contributed by atoms with Gasteiger partial charge < -0.3 is 19.7 Å². The zero-order valence-electron chi connectivity index (χ0n) is 22.3. The number of ether oxygens (including phenoxy) is 1. The number of aromatic carboxylic acids is 1. The molecule has 42 heavy (non-hydrogen) atoms. The van der Waals surface area contributed by atoms with Gasteiger partial charge in [-0.25, -0.2) is 23.5 Å². The highest BCUT2D eigenvalue weighted by atomic mass is 19.1. The van der Waals surface area contributed by atoms with E-state index in [1.807, 2.05) is 10.6 Å². The summed E-state index contributed by atoms with van der Waals surface area (Å²) in [7, 11) is 1.56. The Morgan fingerprint density at radius 3 is 2.57 bits per heavy atom. The largest absolute Gasteiger partial charge is 0.478 e. The molecule has 2 aromatic heterocycles. The van der Waals surface area contributed by atoms with E-state index in [0.717, 1.165) is 6.07 Å². The average molecular weight is 568 g/mol. The molecule has 0 atom stereocenters. The Labute approximate surface area is 238 Å². The van der Waals surface area contributed by atoms with E-state index < -0.39 is 23.5 Å². The van der Waals surface area contributed by atoms with E-state index in [9.17, 15) is 19.1 Å². The Morgan fingerprint density at radius 2 is 1.86 bits per heavy atom. The number of methoxy groups -OCH3 is 1. The molecule has 0 aliphatic rings. The number of nitrogens with zero attached hydrogens (tertiary/aromatic N) is 4. The summed E-state index contributed by atoms with van der Waals surface area (Å²) >= 11 is 0. The van der Waals surface area contributed by atoms with Gasteiger partial charge in [0.15, 0.2) is 0 Å². The Bertz CT molecular complexity index is 1880. The van der Waals surface area contributed by atoms with Crippen LogP contribution in [0.1, 0.15) is 37.7 Å². The van der Waals surface area contributed by atoms with Gasteiger partial charge in [0.25, 0.3) is 5.91 Å². The molecule has 0 fully saturated rings. The quantitative estimate of drug-likeness (QED) is 0.243. The van der Waals surface area contributed by atoms with E-state index in [-0.39, 0.29) is 28.9 Å². The van der Waals surface area contributed by atoms with Gasteiger partial charge in [0.05, 0.1) is 46.1 Å². The highest BCUT2D eigenvalue weighted by molar-refractivity contribution is 6.04. The normalized spacial score (nSPS) is 10.9. The molecular formula is C31H23F2N5O4. The summed E-state index contributed by atoms with van der Waals surface area (Å²) in [4.78, 5) is 33.1. The van der Waals surface area contributed by atoms with Crippen molar-refractivity contribution < 1.29 is 28.2 Å². The molecule has 210 valence electrons. The van der Waals surface area contributed by atoms with Crippen molar-refractivity contribution in [2.24, 2.45) is 0 Å². The molecule has 0 saturated carbocycles. The summed E-state index contributed by atoms with van der Waals surface area (Å²) in [6.45, 7) is 0.757. The number of hydrogen-bond acceptors (Lipinski definition) is 6. The topological polar surface area (TPSA) is 130 Å². The number of rotatable bonds is 9. The first-order valence-corrected chi connectivity index (χ1v) is 12.8. The first-order chi connectivity index (χ1) is 20.3. The second-order valence-electron chi connectivity index (χ2n) is 9.33. The number of halogens is 2. The summed E-state index contributed by atoms with van der Waals surface area (Å²) in [5, 5.41) is 20.8. The number of carboxylic acid groups (broad SMARTS) is 1. The highest BCUT2D eigenvalue weighted by Crippen LogP contribution is 2.25. The lowest BCUT2D eigenvalue weighted by molar-refractivity contribution is 0.0696. The van der Waals surface area contributed by atoms with Crippen LogP contribution >= 0.6 is 0 Å². The van der Waals surface area contributed by atoms with Crippen molar-refractivity contribution in [2.45, 2.75) is 13.0 Å². The fourth-order valence-electron chi connectivity index (χ4n) is 4.51. The van der Waals surface area contributed by atoms with Crippen molar-refractivity contribution in [1.29, 1.82) is 5.26 Å². The number of nitriles is 1. The smallest absolute Gasteiger partial charge is 0.335 e. The molecule has 0 spiro atoms. The second-order valence-corrected chi connectivity index (χ2v) is 9.33. The molecule has 3 aromatic carbocycles. The lowest BCUT2D eigenvalue weighted by Crippen LogP contribution is -2.15. The summed E-state index contributed by atoms with van der Waals surface area (Å²) in [5.74, 6) is -2.45. The van der Waals surface area contributed by atoms with Crippen molar-refractivity contribution in [2.75, 3.05) is 19.0 Å². The first kappa shape index (κ1) is 28.1. The number of benzene rings is 3. The molecule has 1 amide bonds. The molecule has 0 bridgehead atoms. The number of nitrogens with one attached hydrogen (secondary N) is 1. The lowest BCUT2D eigenvalue weighted by Gasteiger charge is -2.11. The van der Waals surface area contributed by atoms with Gasteiger partial charge in [-0.2, -0.15) is 5.26 Å². The van der Waals surface area contributed by atoms with Crippen molar-refractivity contribution >= 4 is 28.7 Å². The van der Waals surface area contributed by atoms with Gasteiger partial charge in [0.1, 0.15) is 23.3 Å². The zero-order valence-corrected chi connectivity index (χ0v) is 22.3. The monoisotopic (exact) mass is 567 g/mol. The number of amides is 1. The third kappa shape index (κ3) is 5.84. The van der Waals surface area contributed by atoms with Crippen LogP contribution in [-0.4, -0.2) is 45.2 Å². The minimum Gasteiger partial charge on any atom is -0.478 e. The molecule has 9 nitrogen and oxygen atoms in total. The third-order valence-electron chi connectivity index (χ3n) is 6.62. The zero-order chi connectivity index (χ0) is 29.8. The number of pyridine rings is 1. The fraction of sp³-hybridized carbons (Fsp3) is 0.129. The number of aromatic nitrogens is 3. The molecule has 5 rings (SSSR count). The van der Waals surface area contributed by atoms with Crippen LogP contribution in [0.5, 0.6) is 0 Å². The Hall–Kier alpha value is -5.47. The van der Waals surface area contributed by atoms with Crippen molar-refractivity contribution in [3.8, 4) is 17.3 Å². The second kappa shape index (κ2) is 12.0. The van der Waals surface area contributed by atoms with E-state index in [1.54, 1.807) is 37.4 Å². The molecule has 2 heterocycles. The van der Waals surface area contributed by atoms with Gasteiger partial charge in [-0.1, -0.05) is 18.2 Å². The van der Waals surface area contributed by atoms with Crippen LogP contribution in [0.25, 0.3) is 22.3 Å². The van der Waals surface area contributed by atoms with Crippen LogP contribution in [0.4, 0.5) is 14.6 Å². The van der Waals surface area contributed by atoms with Gasteiger partial charge in [0.2, 0.25) is 0 Å². The number of carbonyl (C=O) groups is 2. The van der Waals surface area contributed by atoms with Crippen LogP contribution < -0.4 is 5.32 Å². The van der Waals surface area contributed by atoms with Crippen molar-refractivity contribution in [1.82, 2.24) is 14.5 Å². The van der Waals surface area contributed by atoms with E-state index in [1.165, 1.54) is 36.4 Å². The van der Waals surface area contributed by atoms with Crippen LogP contribution in [0, 0.1) is 23.0 Å². The van der Waals surface area contributed by atoms with Gasteiger partial charge in [-0.05, 0) is 60.2 Å². The fourth-order valence-corrected chi connectivity index (χ4v) is 4.51. The van der Waals surface area contributed by atoms with Gasteiger partial charge in [-0.15, -0.1) is 0 Å². The standard InChI is InChI=1S/C31H23F2N5O4/c1-42-12-11-38-27-15-21(31(40)41)8-10-26(27)36-29(38)16-19-6-7-20(14-23(19)32)25-3-2-4-28(35-25)37-30(39)22-9-5-18(17-34)13-24(22)33/h2-10,13-15H,11-12,16H2,1H3,(H,40,41)(H,35,37,39). The van der Waals surface area contributed by atoms with E-state index in [4.69, 9.17) is 10.00 Å². The van der Waals surface area contributed by atoms with Crippen LogP contribution in [0.3, 0.4) is 0 Å². The first-order valence-electron chi connectivity index (χ1n) is 12.8. The van der Waals surface area contributed by atoms with Crippen molar-refractivity contribution in [3.05, 3.63) is 113 Å². The molecule has 0 unspecified atom stereocenters. The molecule has 0 saturated heterocycles. The molecule has 11 heteroatoms. The number of anilines is 1. The third-order valence-corrected chi connectivity index (χ3v) is 6.62. The number of fused-ring (bicyclic) bond motifs is 1. The summed E-state index contributed by atoms with van der Waals surface area (Å²) in [6.07, 6.45) is 0.145. The predicted molar refractivity (Wildman–Crippen MR) is 150 cm³/mol. The maximum Gasteiger partial charge on any atom is 0.335 e. The van der Waals surface area contributed by atoms with Crippen LogP contribution in [0.15, 0.2) is 72.8 Å². The summed E-state index contributed by atoms with van der Waals surface area (Å²) < 4.78 is 36.7. The number of imidazole rings is 1. The summed E-state index contributed by atoms with van der Waals surface area (Å²) in [6, 6.07) is 19.4. The van der Waals surface area contributed by atoms with Gasteiger partial charge in [-0.3, -0.25) is 4.79 Å². The molecule has 2 N–H and O–H groups in total. The number of hydrogen-bond donors (Lipinski definition) is 2. The molecule has 0 aliphatic carbocycles. The summed E-state index contributed by atoms with van der Waals surface area (Å²) in [5.41, 5.74) is 2.38. The van der Waals surface area contributed by atoms with Crippen LogP contribution in [0.2, 0.25) is 0 Å². The van der Waals surface area contributed by atoms with Crippen LogP contribution in [-0.2, 0) is 17.7 Å². The molecule has 5 aromatic rings. The minimum atomic E-state index is -1.06. The van der Waals surface area contributed by atoms with Gasteiger partial charge in [0, 0.05) is 25.6 Å². The Morgan fingerprint density at radius 1 is 1.02 bits per heavy atom. The van der Waals surface area contributed by atoms with Gasteiger partial charge >= 0.3 is 5.97 Å². The molecular weight excluding hydrogens is 544 g/mol. The maximum absolute atomic E-state index is 15.4. The molecule has 0 radical (unpaired) electrons. The minimum absolute atomic E-state index is 0.0918. The predicted octanol–water partition coefficient (Wildman–Crippen LogP) is 5.44. The Balaban J connectivity index is 1.39. The molecule has 0 aliphatic heterocycles. The SMILES string of the molecule is COCCn1c(Cc2ccc(-c3cccc(NC(=O)c4ccc(C#N)cc4F)n3)cc2F)nc2ccc(C(=O)O)cc21. The number of carboxylic acids is 1.